The molecule has 108 valence electrons. The number of ketones is 1. The van der Waals surface area contributed by atoms with Gasteiger partial charge in [0, 0.05) is 12.0 Å². The van der Waals surface area contributed by atoms with Crippen LogP contribution >= 0.6 is 0 Å². The molecule has 0 aliphatic heterocycles. The summed E-state index contributed by atoms with van der Waals surface area (Å²) in [6, 6.07) is 7.83. The van der Waals surface area contributed by atoms with E-state index in [1.165, 1.54) is 18.2 Å². The molecule has 0 bridgehead atoms. The summed E-state index contributed by atoms with van der Waals surface area (Å²) in [6.45, 7) is -0.766. The summed E-state index contributed by atoms with van der Waals surface area (Å²) in [5, 5.41) is 17.4. The van der Waals surface area contributed by atoms with E-state index < -0.39 is 10.0 Å². The molecule has 1 aromatic rings. The molecular formula is C14H13N3O3S. The van der Waals surface area contributed by atoms with Crippen molar-refractivity contribution in [2.24, 2.45) is 0 Å². The minimum atomic E-state index is -3.90. The molecule has 0 saturated heterocycles. The molecule has 0 spiro atoms. The molecule has 2 rings (SSSR count). The van der Waals surface area contributed by atoms with Crippen molar-refractivity contribution in [1.82, 2.24) is 4.31 Å². The number of nitriles is 2. The standard InChI is InChI=1S/C14H13N3O3S/c15-6-8-17(9-7-16)21(19,20)12-4-5-13-11(10-12)2-1-3-14(13)18/h4-5,10H,1-3,8-9H2. The van der Waals surface area contributed by atoms with Gasteiger partial charge in [-0.3, -0.25) is 4.79 Å². The van der Waals surface area contributed by atoms with E-state index in [0.717, 1.165) is 4.31 Å². The van der Waals surface area contributed by atoms with E-state index in [1.807, 2.05) is 0 Å². The molecule has 0 fully saturated rings. The van der Waals surface area contributed by atoms with Crippen LogP contribution in [0.2, 0.25) is 0 Å². The number of rotatable bonds is 4. The average Bonchev–Trinajstić information content (AvgIpc) is 2.47. The highest BCUT2D eigenvalue weighted by Crippen LogP contribution is 2.25. The second-order valence-corrected chi connectivity index (χ2v) is 6.62. The van der Waals surface area contributed by atoms with Crippen LogP contribution in [0, 0.1) is 22.7 Å². The zero-order chi connectivity index (χ0) is 15.5. The highest BCUT2D eigenvalue weighted by Gasteiger charge is 2.26. The SMILES string of the molecule is N#CCN(CC#N)S(=O)(=O)c1ccc2c(c1)CCCC2=O. The Morgan fingerprint density at radius 1 is 1.14 bits per heavy atom. The molecule has 0 atom stereocenters. The Balaban J connectivity index is 2.44. The van der Waals surface area contributed by atoms with E-state index in [-0.39, 0.29) is 23.8 Å². The maximum Gasteiger partial charge on any atom is 0.244 e. The van der Waals surface area contributed by atoms with Crippen molar-refractivity contribution < 1.29 is 13.2 Å². The zero-order valence-corrected chi connectivity index (χ0v) is 12.1. The van der Waals surface area contributed by atoms with Gasteiger partial charge in [-0.2, -0.15) is 14.8 Å². The van der Waals surface area contributed by atoms with E-state index in [0.29, 0.717) is 30.4 Å². The Morgan fingerprint density at radius 2 is 1.81 bits per heavy atom. The number of sulfonamides is 1. The second kappa shape index (κ2) is 6.04. The number of carbonyl (C=O) groups is 1. The monoisotopic (exact) mass is 303 g/mol. The highest BCUT2D eigenvalue weighted by atomic mass is 32.2. The number of Topliss-reactive ketones (excluding diaryl/α,β-unsaturated/α-hetero) is 1. The third kappa shape index (κ3) is 2.94. The molecule has 1 aliphatic carbocycles. The quantitative estimate of drug-likeness (QED) is 0.779. The minimum absolute atomic E-state index is 0.0152. The predicted molar refractivity (Wildman–Crippen MR) is 73.7 cm³/mol. The summed E-state index contributed by atoms with van der Waals surface area (Å²) >= 11 is 0. The normalized spacial score (nSPS) is 14.3. The first-order valence-corrected chi connectivity index (χ1v) is 7.85. The number of nitrogens with zero attached hydrogens (tertiary/aromatic N) is 3. The van der Waals surface area contributed by atoms with Gasteiger partial charge < -0.3 is 0 Å². The molecule has 1 aliphatic rings. The van der Waals surface area contributed by atoms with Crippen LogP contribution in [-0.4, -0.2) is 31.6 Å². The van der Waals surface area contributed by atoms with Crippen molar-refractivity contribution in [2.45, 2.75) is 24.2 Å². The molecule has 0 aromatic heterocycles. The van der Waals surface area contributed by atoms with Crippen molar-refractivity contribution in [3.63, 3.8) is 0 Å². The first-order valence-electron chi connectivity index (χ1n) is 6.41. The predicted octanol–water partition coefficient (Wildman–Crippen LogP) is 1.24. The van der Waals surface area contributed by atoms with E-state index in [2.05, 4.69) is 0 Å². The van der Waals surface area contributed by atoms with Crippen LogP contribution in [0.5, 0.6) is 0 Å². The molecule has 0 N–H and O–H groups in total. The van der Waals surface area contributed by atoms with Gasteiger partial charge in [-0.1, -0.05) is 0 Å². The van der Waals surface area contributed by atoms with Crippen molar-refractivity contribution in [3.05, 3.63) is 29.3 Å². The van der Waals surface area contributed by atoms with Crippen LogP contribution in [0.4, 0.5) is 0 Å². The van der Waals surface area contributed by atoms with Gasteiger partial charge in [-0.05, 0) is 36.6 Å². The van der Waals surface area contributed by atoms with Gasteiger partial charge in [0.2, 0.25) is 10.0 Å². The van der Waals surface area contributed by atoms with Gasteiger partial charge in [0.25, 0.3) is 0 Å². The third-order valence-electron chi connectivity index (χ3n) is 3.36. The van der Waals surface area contributed by atoms with Gasteiger partial charge in [0.05, 0.1) is 17.0 Å². The maximum absolute atomic E-state index is 12.4. The minimum Gasteiger partial charge on any atom is -0.294 e. The molecular weight excluding hydrogens is 290 g/mol. The molecule has 0 unspecified atom stereocenters. The van der Waals surface area contributed by atoms with Gasteiger partial charge in [-0.25, -0.2) is 8.42 Å². The van der Waals surface area contributed by atoms with Crippen LogP contribution in [0.3, 0.4) is 0 Å². The van der Waals surface area contributed by atoms with Crippen molar-refractivity contribution in [1.29, 1.82) is 10.5 Å². The molecule has 6 nitrogen and oxygen atoms in total. The lowest BCUT2D eigenvalue weighted by atomic mass is 9.91. The Labute approximate surface area is 123 Å². The molecule has 21 heavy (non-hydrogen) atoms. The summed E-state index contributed by atoms with van der Waals surface area (Å²) in [6.07, 6.45) is 1.84. The Morgan fingerprint density at radius 3 is 2.43 bits per heavy atom. The highest BCUT2D eigenvalue weighted by molar-refractivity contribution is 7.89. The third-order valence-corrected chi connectivity index (χ3v) is 5.15. The fourth-order valence-electron chi connectivity index (χ4n) is 2.32. The van der Waals surface area contributed by atoms with Crippen LogP contribution in [0.1, 0.15) is 28.8 Å². The van der Waals surface area contributed by atoms with E-state index in [1.54, 1.807) is 12.1 Å². The molecule has 0 amide bonds. The summed E-state index contributed by atoms with van der Waals surface area (Å²) in [7, 11) is -3.90. The summed E-state index contributed by atoms with van der Waals surface area (Å²) < 4.78 is 25.7. The van der Waals surface area contributed by atoms with E-state index >= 15 is 0 Å². The first-order chi connectivity index (χ1) is 10.0. The maximum atomic E-state index is 12.4. The van der Waals surface area contributed by atoms with Crippen LogP contribution < -0.4 is 0 Å². The lowest BCUT2D eigenvalue weighted by molar-refractivity contribution is 0.0972. The first kappa shape index (κ1) is 15.2. The smallest absolute Gasteiger partial charge is 0.244 e. The summed E-state index contributed by atoms with van der Waals surface area (Å²) in [4.78, 5) is 11.8. The number of carbonyl (C=O) groups excluding carboxylic acids is 1. The topological polar surface area (TPSA) is 102 Å². The van der Waals surface area contributed by atoms with Crippen LogP contribution in [0.15, 0.2) is 23.1 Å². The number of aryl methyl sites for hydroxylation is 1. The average molecular weight is 303 g/mol. The van der Waals surface area contributed by atoms with Crippen molar-refractivity contribution >= 4 is 15.8 Å². The Hall–Kier alpha value is -2.22. The molecule has 0 heterocycles. The van der Waals surface area contributed by atoms with Gasteiger partial charge >= 0.3 is 0 Å². The largest absolute Gasteiger partial charge is 0.294 e. The number of benzene rings is 1. The van der Waals surface area contributed by atoms with Crippen molar-refractivity contribution in [2.75, 3.05) is 13.1 Å². The molecule has 7 heteroatoms. The van der Waals surface area contributed by atoms with Crippen LogP contribution in [-0.2, 0) is 16.4 Å². The fraction of sp³-hybridized carbons (Fsp3) is 0.357. The Kier molecular flexibility index (Phi) is 4.37. The molecule has 1 aromatic carbocycles. The van der Waals surface area contributed by atoms with Crippen LogP contribution in [0.25, 0.3) is 0 Å². The van der Waals surface area contributed by atoms with E-state index in [4.69, 9.17) is 10.5 Å². The number of fused-ring (bicyclic) bond motifs is 1. The summed E-state index contributed by atoms with van der Waals surface area (Å²) in [5.41, 5.74) is 1.27. The van der Waals surface area contributed by atoms with Gasteiger partial charge in [-0.15, -0.1) is 0 Å². The Bertz CT molecular complexity index is 741. The molecule has 0 saturated carbocycles. The summed E-state index contributed by atoms with van der Waals surface area (Å²) in [5.74, 6) is 0.0195. The van der Waals surface area contributed by atoms with Gasteiger partial charge in [0.1, 0.15) is 13.1 Å². The van der Waals surface area contributed by atoms with Crippen molar-refractivity contribution in [3.8, 4) is 12.1 Å². The second-order valence-electron chi connectivity index (χ2n) is 4.69. The van der Waals surface area contributed by atoms with Gasteiger partial charge in [0.15, 0.2) is 5.78 Å². The lowest BCUT2D eigenvalue weighted by Gasteiger charge is -2.19. The number of hydrogen-bond acceptors (Lipinski definition) is 5. The van der Waals surface area contributed by atoms with E-state index in [9.17, 15) is 13.2 Å². The zero-order valence-electron chi connectivity index (χ0n) is 11.2. The number of hydrogen-bond donors (Lipinski definition) is 0. The fourth-order valence-corrected chi connectivity index (χ4v) is 3.60. The molecule has 0 radical (unpaired) electrons. The lowest BCUT2D eigenvalue weighted by Crippen LogP contribution is -2.32.